The largest absolute Gasteiger partial charge is 0.367 e. The summed E-state index contributed by atoms with van der Waals surface area (Å²) in [5.41, 5.74) is 7.13. The predicted octanol–water partition coefficient (Wildman–Crippen LogP) is 2.30. The lowest BCUT2D eigenvalue weighted by Gasteiger charge is -2.16. The van der Waals surface area contributed by atoms with E-state index in [0.29, 0.717) is 12.0 Å². The zero-order chi connectivity index (χ0) is 16.2. The molecular weight excluding hydrogens is 290 g/mol. The van der Waals surface area contributed by atoms with Crippen LogP contribution in [0, 0.1) is 5.92 Å². The molecule has 1 saturated carbocycles. The summed E-state index contributed by atoms with van der Waals surface area (Å²) in [6.07, 6.45) is 10.4. The number of carbonyl (C=O) groups excluding carboxylic acids is 1. The Bertz CT molecular complexity index is 721. The molecule has 0 aromatic carbocycles. The molecule has 1 fully saturated rings. The number of nitrogens with two attached hydrogens (primary N) is 1. The Morgan fingerprint density at radius 1 is 1.52 bits per heavy atom. The fourth-order valence-corrected chi connectivity index (χ4v) is 3.21. The number of fused-ring (bicyclic) bond motifs is 1. The highest BCUT2D eigenvalue weighted by molar-refractivity contribution is 5.85. The highest BCUT2D eigenvalue weighted by Crippen LogP contribution is 2.29. The van der Waals surface area contributed by atoms with Crippen molar-refractivity contribution in [3.8, 4) is 0 Å². The summed E-state index contributed by atoms with van der Waals surface area (Å²) in [6.45, 7) is 2.15. The van der Waals surface area contributed by atoms with Gasteiger partial charge in [0.25, 0.3) is 0 Å². The molecule has 2 aromatic rings. The van der Waals surface area contributed by atoms with E-state index in [1.165, 1.54) is 6.08 Å². The molecule has 1 aliphatic rings. The molecular formula is C17H23N5O. The number of allylic oxidation sites excluding steroid dienone is 1. The van der Waals surface area contributed by atoms with E-state index in [9.17, 15) is 4.79 Å². The molecule has 2 heterocycles. The minimum Gasteiger partial charge on any atom is -0.367 e. The number of hydrogen-bond acceptors (Lipinski definition) is 4. The van der Waals surface area contributed by atoms with Crippen LogP contribution in [0.3, 0.4) is 0 Å². The molecule has 122 valence electrons. The number of rotatable bonds is 6. The first-order valence-corrected chi connectivity index (χ1v) is 8.23. The minimum absolute atomic E-state index is 0.377. The molecule has 23 heavy (non-hydrogen) atoms. The highest BCUT2D eigenvalue weighted by Gasteiger charge is 2.23. The summed E-state index contributed by atoms with van der Waals surface area (Å²) in [5, 5.41) is 7.95. The van der Waals surface area contributed by atoms with E-state index in [0.717, 1.165) is 49.3 Å². The summed E-state index contributed by atoms with van der Waals surface area (Å²) >= 11 is 0. The molecule has 0 saturated heterocycles. The van der Waals surface area contributed by atoms with E-state index in [1.54, 1.807) is 6.20 Å². The van der Waals surface area contributed by atoms with Crippen LogP contribution in [0.2, 0.25) is 0 Å². The number of nitrogens with one attached hydrogen (secondary N) is 1. The van der Waals surface area contributed by atoms with Crippen molar-refractivity contribution in [2.75, 3.05) is 5.32 Å². The SMILES string of the molecule is CCCc1cc(N[C@@H]2CC[C@@H](C=CC(N)=O)C2)n2nccc2n1. The second-order valence-electron chi connectivity index (χ2n) is 6.16. The van der Waals surface area contributed by atoms with Gasteiger partial charge in [0, 0.05) is 23.9 Å². The van der Waals surface area contributed by atoms with Crippen molar-refractivity contribution in [1.29, 1.82) is 0 Å². The van der Waals surface area contributed by atoms with Crippen LogP contribution in [0.5, 0.6) is 0 Å². The van der Waals surface area contributed by atoms with Crippen molar-refractivity contribution < 1.29 is 4.79 Å². The molecule has 3 rings (SSSR count). The van der Waals surface area contributed by atoms with Gasteiger partial charge in [-0.2, -0.15) is 9.61 Å². The quantitative estimate of drug-likeness (QED) is 0.801. The maximum atomic E-state index is 10.8. The van der Waals surface area contributed by atoms with Gasteiger partial charge in [0.05, 0.1) is 6.20 Å². The monoisotopic (exact) mass is 313 g/mol. The maximum Gasteiger partial charge on any atom is 0.241 e. The fraction of sp³-hybridized carbons (Fsp3) is 0.471. The van der Waals surface area contributed by atoms with E-state index < -0.39 is 0 Å². The summed E-state index contributed by atoms with van der Waals surface area (Å²) < 4.78 is 1.85. The number of nitrogens with zero attached hydrogens (tertiary/aromatic N) is 3. The number of aromatic nitrogens is 3. The Hall–Kier alpha value is -2.37. The topological polar surface area (TPSA) is 85.3 Å². The van der Waals surface area contributed by atoms with Crippen LogP contribution in [-0.4, -0.2) is 26.5 Å². The molecule has 0 spiro atoms. The summed E-state index contributed by atoms with van der Waals surface area (Å²) in [5.74, 6) is 1.02. The van der Waals surface area contributed by atoms with Crippen LogP contribution < -0.4 is 11.1 Å². The number of primary amides is 1. The Balaban J connectivity index is 1.74. The van der Waals surface area contributed by atoms with Gasteiger partial charge < -0.3 is 11.1 Å². The van der Waals surface area contributed by atoms with Crippen molar-refractivity contribution in [1.82, 2.24) is 14.6 Å². The summed E-state index contributed by atoms with van der Waals surface area (Å²) in [6, 6.07) is 4.40. The van der Waals surface area contributed by atoms with Crippen LogP contribution in [0.1, 0.15) is 38.3 Å². The van der Waals surface area contributed by atoms with Crippen molar-refractivity contribution in [2.24, 2.45) is 11.7 Å². The predicted molar refractivity (Wildman–Crippen MR) is 90.1 cm³/mol. The molecule has 6 nitrogen and oxygen atoms in total. The molecule has 3 N–H and O–H groups in total. The van der Waals surface area contributed by atoms with E-state index in [1.807, 2.05) is 16.7 Å². The average Bonchev–Trinajstić information content (AvgIpc) is 3.14. The molecule has 1 aliphatic carbocycles. The Morgan fingerprint density at radius 3 is 3.17 bits per heavy atom. The minimum atomic E-state index is -0.377. The Morgan fingerprint density at radius 2 is 2.39 bits per heavy atom. The van der Waals surface area contributed by atoms with Crippen molar-refractivity contribution in [2.45, 2.75) is 45.1 Å². The number of anilines is 1. The van der Waals surface area contributed by atoms with Gasteiger partial charge in [-0.05, 0) is 37.7 Å². The number of aryl methyl sites for hydroxylation is 1. The van der Waals surface area contributed by atoms with Crippen LogP contribution in [0.4, 0.5) is 5.82 Å². The van der Waals surface area contributed by atoms with Gasteiger partial charge in [-0.3, -0.25) is 4.79 Å². The first kappa shape index (κ1) is 15.5. The third-order valence-electron chi connectivity index (χ3n) is 4.28. The average molecular weight is 313 g/mol. The van der Waals surface area contributed by atoms with Crippen LogP contribution in [0.15, 0.2) is 30.5 Å². The molecule has 0 radical (unpaired) electrons. The number of carbonyl (C=O) groups is 1. The fourth-order valence-electron chi connectivity index (χ4n) is 3.21. The Kier molecular flexibility index (Phi) is 4.60. The van der Waals surface area contributed by atoms with E-state index in [-0.39, 0.29) is 5.91 Å². The van der Waals surface area contributed by atoms with Crippen LogP contribution in [0.25, 0.3) is 5.65 Å². The lowest BCUT2D eigenvalue weighted by molar-refractivity contribution is -0.113. The van der Waals surface area contributed by atoms with E-state index in [2.05, 4.69) is 28.4 Å². The van der Waals surface area contributed by atoms with Crippen LogP contribution >= 0.6 is 0 Å². The molecule has 6 heteroatoms. The third-order valence-corrected chi connectivity index (χ3v) is 4.28. The lowest BCUT2D eigenvalue weighted by Crippen LogP contribution is -2.18. The number of hydrogen-bond donors (Lipinski definition) is 2. The maximum absolute atomic E-state index is 10.8. The molecule has 0 unspecified atom stereocenters. The zero-order valence-corrected chi connectivity index (χ0v) is 13.4. The van der Waals surface area contributed by atoms with Gasteiger partial charge in [-0.1, -0.05) is 19.4 Å². The first-order valence-electron chi connectivity index (χ1n) is 8.23. The van der Waals surface area contributed by atoms with Gasteiger partial charge in [-0.15, -0.1) is 0 Å². The summed E-state index contributed by atoms with van der Waals surface area (Å²) in [4.78, 5) is 15.5. The van der Waals surface area contributed by atoms with Crippen molar-refractivity contribution >= 4 is 17.4 Å². The van der Waals surface area contributed by atoms with Gasteiger partial charge in [0.15, 0.2) is 5.65 Å². The van der Waals surface area contributed by atoms with E-state index >= 15 is 0 Å². The van der Waals surface area contributed by atoms with Gasteiger partial charge >= 0.3 is 0 Å². The highest BCUT2D eigenvalue weighted by atomic mass is 16.1. The lowest BCUT2D eigenvalue weighted by atomic mass is 10.1. The molecule has 0 aliphatic heterocycles. The molecule has 0 bridgehead atoms. The van der Waals surface area contributed by atoms with Crippen molar-refractivity contribution in [3.05, 3.63) is 36.2 Å². The van der Waals surface area contributed by atoms with Crippen LogP contribution in [-0.2, 0) is 11.2 Å². The first-order chi connectivity index (χ1) is 11.2. The van der Waals surface area contributed by atoms with Gasteiger partial charge in [0.1, 0.15) is 5.82 Å². The summed E-state index contributed by atoms with van der Waals surface area (Å²) in [7, 11) is 0. The zero-order valence-electron chi connectivity index (χ0n) is 13.4. The van der Waals surface area contributed by atoms with Crippen molar-refractivity contribution in [3.63, 3.8) is 0 Å². The van der Waals surface area contributed by atoms with E-state index in [4.69, 9.17) is 5.73 Å². The van der Waals surface area contributed by atoms with Gasteiger partial charge in [0.2, 0.25) is 5.91 Å². The molecule has 1 amide bonds. The molecule has 2 aromatic heterocycles. The third kappa shape index (κ3) is 3.70. The smallest absolute Gasteiger partial charge is 0.241 e. The normalized spacial score (nSPS) is 21.3. The second kappa shape index (κ2) is 6.81. The number of amides is 1. The second-order valence-corrected chi connectivity index (χ2v) is 6.16. The molecule has 2 atom stereocenters. The Labute approximate surface area is 135 Å². The standard InChI is InChI=1S/C17H23N5O/c1-2-3-13-11-17(22-16(20-13)8-9-19-22)21-14-6-4-12(10-14)5-7-15(18)23/h5,7-9,11-12,14,21H,2-4,6,10H2,1H3,(H2,18,23)/t12-,14+/m0/s1. The van der Waals surface area contributed by atoms with Gasteiger partial charge in [-0.25, -0.2) is 4.98 Å².